The van der Waals surface area contributed by atoms with Gasteiger partial charge >= 0.3 is 0 Å². The number of aliphatic hydroxyl groups is 1. The van der Waals surface area contributed by atoms with E-state index in [1.54, 1.807) is 7.11 Å². The monoisotopic (exact) mass is 555 g/mol. The smallest absolute Gasteiger partial charge is 0.142 e. The van der Waals surface area contributed by atoms with Crippen LogP contribution in [0.3, 0.4) is 0 Å². The van der Waals surface area contributed by atoms with Crippen molar-refractivity contribution in [3.8, 4) is 5.75 Å². The molecule has 5 atom stereocenters. The maximum atomic E-state index is 11.0. The third kappa shape index (κ3) is 8.43. The van der Waals surface area contributed by atoms with Crippen LogP contribution in [0.5, 0.6) is 5.75 Å². The molecule has 40 heavy (non-hydrogen) atoms. The molecular weight excluding hydrogens is 506 g/mol. The lowest BCUT2D eigenvalue weighted by Crippen LogP contribution is -2.36. The van der Waals surface area contributed by atoms with Crippen molar-refractivity contribution in [3.63, 3.8) is 0 Å². The van der Waals surface area contributed by atoms with Gasteiger partial charge in [-0.2, -0.15) is 0 Å². The van der Waals surface area contributed by atoms with Crippen LogP contribution in [0.4, 0.5) is 5.69 Å². The van der Waals surface area contributed by atoms with Crippen LogP contribution in [0.15, 0.2) is 42.5 Å². The lowest BCUT2D eigenvalue weighted by atomic mass is 9.79. The van der Waals surface area contributed by atoms with Gasteiger partial charge < -0.3 is 33.7 Å². The summed E-state index contributed by atoms with van der Waals surface area (Å²) >= 11 is 0. The minimum atomic E-state index is -0.407. The minimum Gasteiger partial charge on any atom is -0.490 e. The summed E-state index contributed by atoms with van der Waals surface area (Å²) in [5.41, 5.74) is 4.51. The standard InChI is InChI=1S/C33H49NO6/c1-5-38-25(3)24(2)21-37-22-26-10-13-28(14-11-26)33-30(35)8-6-9-32(33)40-23-27-12-15-31-29(20-27)34(17-19-39-31)16-7-18-36-4/h10-15,20,24-25,30,32-33,35H,5-9,16-19,21-23H2,1-4H3/t24-,25+,30-,32+,33+/m1/s1. The third-order valence-electron chi connectivity index (χ3n) is 8.27. The molecule has 0 unspecified atom stereocenters. The molecule has 7 nitrogen and oxygen atoms in total. The first-order valence-electron chi connectivity index (χ1n) is 15.1. The highest BCUT2D eigenvalue weighted by atomic mass is 16.5. The van der Waals surface area contributed by atoms with E-state index in [2.05, 4.69) is 61.2 Å². The summed E-state index contributed by atoms with van der Waals surface area (Å²) in [5, 5.41) is 11.0. The minimum absolute atomic E-state index is 0.0307. The number of hydrogen-bond acceptors (Lipinski definition) is 7. The Hall–Kier alpha value is -2.16. The Labute approximate surface area is 240 Å². The van der Waals surface area contributed by atoms with E-state index in [1.165, 1.54) is 0 Å². The summed E-state index contributed by atoms with van der Waals surface area (Å²) in [6.07, 6.45) is 3.45. The molecular formula is C33H49NO6. The maximum Gasteiger partial charge on any atom is 0.142 e. The fraction of sp³-hybridized carbons (Fsp3) is 0.636. The lowest BCUT2D eigenvalue weighted by molar-refractivity contribution is -0.0426. The number of nitrogens with zero attached hydrogens (tertiary/aromatic N) is 1. The molecule has 0 amide bonds. The molecule has 1 N–H and O–H groups in total. The topological polar surface area (TPSA) is 69.6 Å². The van der Waals surface area contributed by atoms with Crippen molar-refractivity contribution in [1.82, 2.24) is 0 Å². The van der Waals surface area contributed by atoms with Gasteiger partial charge in [0, 0.05) is 38.7 Å². The van der Waals surface area contributed by atoms with Crippen LogP contribution in [0.2, 0.25) is 0 Å². The molecule has 2 aromatic carbocycles. The van der Waals surface area contributed by atoms with Crippen LogP contribution in [0.25, 0.3) is 0 Å². The van der Waals surface area contributed by atoms with Gasteiger partial charge in [-0.25, -0.2) is 0 Å². The predicted molar refractivity (Wildman–Crippen MR) is 158 cm³/mol. The quantitative estimate of drug-likeness (QED) is 0.282. The molecule has 0 aromatic heterocycles. The highest BCUT2D eigenvalue weighted by Crippen LogP contribution is 2.37. The van der Waals surface area contributed by atoms with Crippen molar-refractivity contribution in [2.45, 2.75) is 83.9 Å². The second-order valence-electron chi connectivity index (χ2n) is 11.3. The molecule has 0 saturated heterocycles. The summed E-state index contributed by atoms with van der Waals surface area (Å²) in [6, 6.07) is 14.8. The SMILES string of the molecule is CCO[C@@H](C)[C@H](C)COCc1ccc([C@H]2[C@H](O)CCC[C@@H]2OCc2ccc3c(c2)N(CCCOC)CCO3)cc1. The third-order valence-corrected chi connectivity index (χ3v) is 8.27. The van der Waals surface area contributed by atoms with Crippen molar-refractivity contribution in [2.75, 3.05) is 51.5 Å². The predicted octanol–water partition coefficient (Wildman–Crippen LogP) is 5.71. The highest BCUT2D eigenvalue weighted by molar-refractivity contribution is 5.61. The zero-order valence-corrected chi connectivity index (χ0v) is 24.8. The van der Waals surface area contributed by atoms with Gasteiger partial charge in [0.1, 0.15) is 12.4 Å². The Morgan fingerprint density at radius 1 is 1.05 bits per heavy atom. The van der Waals surface area contributed by atoms with E-state index in [0.29, 0.717) is 32.3 Å². The summed E-state index contributed by atoms with van der Waals surface area (Å²) in [6.45, 7) is 12.0. The number of methoxy groups -OCH3 is 1. The number of fused-ring (bicyclic) bond motifs is 1. The Balaban J connectivity index is 1.35. The summed E-state index contributed by atoms with van der Waals surface area (Å²) in [4.78, 5) is 2.38. The maximum absolute atomic E-state index is 11.0. The van der Waals surface area contributed by atoms with Crippen LogP contribution < -0.4 is 9.64 Å². The van der Waals surface area contributed by atoms with Gasteiger partial charge in [-0.3, -0.25) is 0 Å². The molecule has 222 valence electrons. The molecule has 1 aliphatic heterocycles. The summed E-state index contributed by atoms with van der Waals surface area (Å²) in [7, 11) is 1.74. The molecule has 7 heteroatoms. The van der Waals surface area contributed by atoms with E-state index in [9.17, 15) is 5.11 Å². The van der Waals surface area contributed by atoms with E-state index in [-0.39, 0.29) is 18.1 Å². The van der Waals surface area contributed by atoms with E-state index in [4.69, 9.17) is 23.7 Å². The first kappa shape index (κ1) is 30.8. The Morgan fingerprint density at radius 2 is 1.85 bits per heavy atom. The Bertz CT molecular complexity index is 1010. The van der Waals surface area contributed by atoms with E-state index < -0.39 is 6.10 Å². The highest BCUT2D eigenvalue weighted by Gasteiger charge is 2.34. The van der Waals surface area contributed by atoms with Crippen LogP contribution in [0, 0.1) is 5.92 Å². The molecule has 1 fully saturated rings. The van der Waals surface area contributed by atoms with Gasteiger partial charge in [0.2, 0.25) is 0 Å². The summed E-state index contributed by atoms with van der Waals surface area (Å²) in [5.74, 6) is 1.24. The van der Waals surface area contributed by atoms with E-state index in [0.717, 1.165) is 80.1 Å². The molecule has 0 radical (unpaired) electrons. The number of hydrogen-bond donors (Lipinski definition) is 1. The van der Waals surface area contributed by atoms with Crippen molar-refractivity contribution >= 4 is 5.69 Å². The van der Waals surface area contributed by atoms with Crippen LogP contribution in [-0.4, -0.2) is 70.0 Å². The Kier molecular flexibility index (Phi) is 12.1. The second-order valence-corrected chi connectivity index (χ2v) is 11.3. The Morgan fingerprint density at radius 3 is 2.62 bits per heavy atom. The van der Waals surface area contributed by atoms with Gasteiger partial charge in [-0.15, -0.1) is 0 Å². The molecule has 1 heterocycles. The van der Waals surface area contributed by atoms with Crippen LogP contribution in [0.1, 0.15) is 69.1 Å². The van der Waals surface area contributed by atoms with Crippen LogP contribution >= 0.6 is 0 Å². The average molecular weight is 556 g/mol. The van der Waals surface area contributed by atoms with Crippen LogP contribution in [-0.2, 0) is 32.2 Å². The largest absolute Gasteiger partial charge is 0.490 e. The first-order chi connectivity index (χ1) is 19.5. The molecule has 0 spiro atoms. The number of anilines is 1. The fourth-order valence-electron chi connectivity index (χ4n) is 5.76. The zero-order chi connectivity index (χ0) is 28.3. The van der Waals surface area contributed by atoms with Gasteiger partial charge in [0.15, 0.2) is 0 Å². The van der Waals surface area contributed by atoms with Gasteiger partial charge in [-0.1, -0.05) is 37.3 Å². The molecule has 2 aliphatic rings. The molecule has 0 bridgehead atoms. The van der Waals surface area contributed by atoms with Crippen molar-refractivity contribution < 1.29 is 28.8 Å². The number of aliphatic hydroxyl groups excluding tert-OH is 1. The second kappa shape index (κ2) is 15.7. The normalized spacial score (nSPS) is 22.4. The zero-order valence-electron chi connectivity index (χ0n) is 24.8. The number of ether oxygens (including phenoxy) is 5. The van der Waals surface area contributed by atoms with E-state index in [1.807, 2.05) is 6.92 Å². The first-order valence-corrected chi connectivity index (χ1v) is 15.1. The van der Waals surface area contributed by atoms with Gasteiger partial charge in [0.05, 0.1) is 50.4 Å². The molecule has 1 saturated carbocycles. The number of benzene rings is 2. The van der Waals surface area contributed by atoms with Gasteiger partial charge in [0.25, 0.3) is 0 Å². The van der Waals surface area contributed by atoms with E-state index >= 15 is 0 Å². The summed E-state index contributed by atoms with van der Waals surface area (Å²) < 4.78 is 29.3. The molecule has 1 aliphatic carbocycles. The molecule has 2 aromatic rings. The molecule has 4 rings (SSSR count). The fourth-order valence-corrected chi connectivity index (χ4v) is 5.76. The van der Waals surface area contributed by atoms with Crippen molar-refractivity contribution in [1.29, 1.82) is 0 Å². The average Bonchev–Trinajstić information content (AvgIpc) is 2.97. The lowest BCUT2D eigenvalue weighted by Gasteiger charge is -2.36. The van der Waals surface area contributed by atoms with Crippen molar-refractivity contribution in [2.24, 2.45) is 5.92 Å². The van der Waals surface area contributed by atoms with Gasteiger partial charge in [-0.05, 0) is 68.4 Å². The number of rotatable bonds is 15. The van der Waals surface area contributed by atoms with Crippen molar-refractivity contribution in [3.05, 3.63) is 59.2 Å².